The first-order valence-electron chi connectivity index (χ1n) is 9.83. The van der Waals surface area contributed by atoms with Crippen molar-refractivity contribution in [1.29, 1.82) is 0 Å². The summed E-state index contributed by atoms with van der Waals surface area (Å²) in [6.07, 6.45) is 0.373. The normalized spacial score (nSPS) is 17.0. The Morgan fingerprint density at radius 2 is 1.48 bits per heavy atom. The molecule has 2 aromatic rings. The number of ether oxygens (including phenoxy) is 1. The molecule has 0 amide bonds. The van der Waals surface area contributed by atoms with Gasteiger partial charge in [-0.2, -0.15) is 0 Å². The van der Waals surface area contributed by atoms with Crippen molar-refractivity contribution in [2.24, 2.45) is 0 Å². The van der Waals surface area contributed by atoms with Crippen LogP contribution in [-0.2, 0) is 9.53 Å². The molecular formula is C23H31N2O2+. The van der Waals surface area contributed by atoms with Gasteiger partial charge in [-0.3, -0.25) is 9.69 Å². The summed E-state index contributed by atoms with van der Waals surface area (Å²) in [6, 6.07) is 20.4. The van der Waals surface area contributed by atoms with E-state index in [2.05, 4.69) is 43.3 Å². The zero-order valence-electron chi connectivity index (χ0n) is 16.5. The molecule has 0 radical (unpaired) electrons. The van der Waals surface area contributed by atoms with Gasteiger partial charge in [0.2, 0.25) is 0 Å². The van der Waals surface area contributed by atoms with Crippen LogP contribution in [0.25, 0.3) is 0 Å². The second-order valence-electron chi connectivity index (χ2n) is 8.02. The van der Waals surface area contributed by atoms with Gasteiger partial charge in [-0.05, 0) is 11.1 Å². The van der Waals surface area contributed by atoms with Crippen molar-refractivity contribution in [3.63, 3.8) is 0 Å². The maximum Gasteiger partial charge on any atom is 0.306 e. The van der Waals surface area contributed by atoms with Crippen LogP contribution >= 0.6 is 0 Å². The monoisotopic (exact) mass is 367 g/mol. The summed E-state index contributed by atoms with van der Waals surface area (Å²) < 4.78 is 6.66. The highest BCUT2D eigenvalue weighted by molar-refractivity contribution is 5.71. The third kappa shape index (κ3) is 5.91. The first kappa shape index (κ1) is 19.6. The SMILES string of the molecule is C[N+]1(C)CCN(CCOC(=O)CC(c2ccccc2)c2ccccc2)CC1. The number of carbonyl (C=O) groups is 1. The van der Waals surface area contributed by atoms with E-state index >= 15 is 0 Å². The summed E-state index contributed by atoms with van der Waals surface area (Å²) >= 11 is 0. The van der Waals surface area contributed by atoms with Crippen LogP contribution in [0.5, 0.6) is 0 Å². The molecule has 0 N–H and O–H groups in total. The first-order chi connectivity index (χ1) is 13.0. The highest BCUT2D eigenvalue weighted by Gasteiger charge is 2.24. The molecule has 0 saturated carbocycles. The van der Waals surface area contributed by atoms with Crippen LogP contribution in [-0.4, -0.2) is 68.8 Å². The molecule has 1 heterocycles. The fourth-order valence-corrected chi connectivity index (χ4v) is 3.58. The lowest BCUT2D eigenvalue weighted by molar-refractivity contribution is -0.894. The molecule has 0 unspecified atom stereocenters. The number of esters is 1. The molecule has 4 nitrogen and oxygen atoms in total. The lowest BCUT2D eigenvalue weighted by Crippen LogP contribution is -2.55. The number of likely N-dealkylation sites (N-methyl/N-ethyl adjacent to an activating group) is 1. The van der Waals surface area contributed by atoms with Gasteiger partial charge in [-0.1, -0.05) is 60.7 Å². The van der Waals surface area contributed by atoms with E-state index < -0.39 is 0 Å². The number of rotatable bonds is 7. The smallest absolute Gasteiger partial charge is 0.306 e. The van der Waals surface area contributed by atoms with Crippen molar-refractivity contribution in [3.05, 3.63) is 71.8 Å². The number of hydrogen-bond acceptors (Lipinski definition) is 3. The lowest BCUT2D eigenvalue weighted by atomic mass is 9.89. The Labute approximate surface area is 163 Å². The maximum atomic E-state index is 12.5. The van der Waals surface area contributed by atoms with Gasteiger partial charge in [0.05, 0.1) is 33.6 Å². The number of benzene rings is 2. The van der Waals surface area contributed by atoms with Gasteiger partial charge in [0.1, 0.15) is 6.61 Å². The molecule has 1 fully saturated rings. The van der Waals surface area contributed by atoms with Gasteiger partial charge in [-0.15, -0.1) is 0 Å². The molecular weight excluding hydrogens is 336 g/mol. The number of quaternary nitrogens is 1. The third-order valence-electron chi connectivity index (χ3n) is 5.49. The first-order valence-corrected chi connectivity index (χ1v) is 9.83. The number of nitrogens with zero attached hydrogens (tertiary/aromatic N) is 2. The fourth-order valence-electron chi connectivity index (χ4n) is 3.58. The Kier molecular flexibility index (Phi) is 6.64. The van der Waals surface area contributed by atoms with Crippen molar-refractivity contribution in [2.45, 2.75) is 12.3 Å². The van der Waals surface area contributed by atoms with Gasteiger partial charge in [0.15, 0.2) is 0 Å². The third-order valence-corrected chi connectivity index (χ3v) is 5.49. The van der Waals surface area contributed by atoms with Crippen LogP contribution in [0.3, 0.4) is 0 Å². The molecule has 1 aliphatic heterocycles. The summed E-state index contributed by atoms with van der Waals surface area (Å²) in [7, 11) is 4.54. The molecule has 0 bridgehead atoms. The second-order valence-corrected chi connectivity index (χ2v) is 8.02. The van der Waals surface area contributed by atoms with E-state index in [0.29, 0.717) is 13.0 Å². The second kappa shape index (κ2) is 9.16. The predicted octanol–water partition coefficient (Wildman–Crippen LogP) is 3.14. The van der Waals surface area contributed by atoms with E-state index in [4.69, 9.17) is 4.74 Å². The van der Waals surface area contributed by atoms with Gasteiger partial charge >= 0.3 is 5.97 Å². The van der Waals surface area contributed by atoms with Gasteiger partial charge in [-0.25, -0.2) is 0 Å². The molecule has 1 saturated heterocycles. The zero-order chi connectivity index (χ0) is 19.1. The summed E-state index contributed by atoms with van der Waals surface area (Å²) in [6.45, 7) is 5.74. The maximum absolute atomic E-state index is 12.5. The molecule has 1 aliphatic rings. The van der Waals surface area contributed by atoms with Gasteiger partial charge < -0.3 is 9.22 Å². The molecule has 27 heavy (non-hydrogen) atoms. The van der Waals surface area contributed by atoms with Crippen molar-refractivity contribution in [3.8, 4) is 0 Å². The van der Waals surface area contributed by atoms with Crippen LogP contribution in [0.1, 0.15) is 23.5 Å². The Hall–Kier alpha value is -2.17. The van der Waals surface area contributed by atoms with Crippen molar-refractivity contribution in [2.75, 3.05) is 53.4 Å². The lowest BCUT2D eigenvalue weighted by Gasteiger charge is -2.38. The molecule has 3 rings (SSSR count). The van der Waals surface area contributed by atoms with E-state index in [1.54, 1.807) is 0 Å². The Bertz CT molecular complexity index is 666. The summed E-state index contributed by atoms with van der Waals surface area (Å²) in [5.41, 5.74) is 2.30. The Balaban J connectivity index is 1.53. The van der Waals surface area contributed by atoms with E-state index in [1.807, 2.05) is 36.4 Å². The predicted molar refractivity (Wildman–Crippen MR) is 109 cm³/mol. The minimum Gasteiger partial charge on any atom is -0.464 e. The number of carbonyl (C=O) groups excluding carboxylic acids is 1. The molecule has 4 heteroatoms. The van der Waals surface area contributed by atoms with E-state index in [9.17, 15) is 4.79 Å². The number of piperazine rings is 1. The zero-order valence-corrected chi connectivity index (χ0v) is 16.5. The Morgan fingerprint density at radius 3 is 2.00 bits per heavy atom. The molecule has 0 spiro atoms. The highest BCUT2D eigenvalue weighted by atomic mass is 16.5. The van der Waals surface area contributed by atoms with Crippen LogP contribution in [0.2, 0.25) is 0 Å². The fraction of sp³-hybridized carbons (Fsp3) is 0.435. The standard InChI is InChI=1S/C23H31N2O2/c1-25(2)16-13-24(14-17-25)15-18-27-23(26)19-22(20-9-5-3-6-10-20)21-11-7-4-8-12-21/h3-12,22H,13-19H2,1-2H3/q+1. The van der Waals surface area contributed by atoms with Crippen LogP contribution in [0.4, 0.5) is 0 Å². The van der Waals surface area contributed by atoms with E-state index in [1.165, 1.54) is 0 Å². The molecule has 144 valence electrons. The van der Waals surface area contributed by atoms with Crippen LogP contribution in [0.15, 0.2) is 60.7 Å². The number of hydrogen-bond donors (Lipinski definition) is 0. The summed E-state index contributed by atoms with van der Waals surface area (Å²) in [5, 5.41) is 0. The van der Waals surface area contributed by atoms with Crippen LogP contribution < -0.4 is 0 Å². The van der Waals surface area contributed by atoms with Crippen molar-refractivity contribution >= 4 is 5.97 Å². The molecule has 0 aromatic heterocycles. The molecule has 0 atom stereocenters. The minimum atomic E-state index is -0.124. The quantitative estimate of drug-likeness (QED) is 0.556. The van der Waals surface area contributed by atoms with Crippen molar-refractivity contribution < 1.29 is 14.0 Å². The van der Waals surface area contributed by atoms with Crippen molar-refractivity contribution in [1.82, 2.24) is 4.90 Å². The van der Waals surface area contributed by atoms with Gasteiger partial charge in [0, 0.05) is 25.6 Å². The highest BCUT2D eigenvalue weighted by Crippen LogP contribution is 2.28. The average Bonchev–Trinajstić information content (AvgIpc) is 2.69. The minimum absolute atomic E-state index is 0.0352. The van der Waals surface area contributed by atoms with E-state index in [-0.39, 0.29) is 11.9 Å². The summed E-state index contributed by atoms with van der Waals surface area (Å²) in [4.78, 5) is 14.9. The molecule has 0 aliphatic carbocycles. The largest absolute Gasteiger partial charge is 0.464 e. The van der Waals surface area contributed by atoms with Gasteiger partial charge in [0.25, 0.3) is 0 Å². The van der Waals surface area contributed by atoms with E-state index in [0.717, 1.165) is 48.3 Å². The topological polar surface area (TPSA) is 29.5 Å². The molecule has 2 aromatic carbocycles. The summed E-state index contributed by atoms with van der Waals surface area (Å²) in [5.74, 6) is -0.0891. The van der Waals surface area contributed by atoms with Crippen LogP contribution in [0, 0.1) is 0 Å². The Morgan fingerprint density at radius 1 is 0.963 bits per heavy atom. The average molecular weight is 368 g/mol.